The van der Waals surface area contributed by atoms with Crippen LogP contribution in [0.25, 0.3) is 36.7 Å². The van der Waals surface area contributed by atoms with Gasteiger partial charge in [-0.15, -0.1) is 46.5 Å². The zero-order valence-corrected chi connectivity index (χ0v) is 38.0. The van der Waals surface area contributed by atoms with E-state index in [9.17, 15) is 0 Å². The van der Waals surface area contributed by atoms with Gasteiger partial charge in [-0.3, -0.25) is 0 Å². The van der Waals surface area contributed by atoms with E-state index < -0.39 is 21.3 Å². The Hall–Kier alpha value is -4.06. The van der Waals surface area contributed by atoms with E-state index in [-0.39, 0.29) is 37.8 Å². The van der Waals surface area contributed by atoms with Gasteiger partial charge in [0.1, 0.15) is 0 Å². The van der Waals surface area contributed by atoms with Crippen molar-refractivity contribution in [3.8, 4) is 11.3 Å². The Bertz CT molecular complexity index is 2620. The number of nitrogens with zero attached hydrogens (tertiary/aromatic N) is 3. The first kappa shape index (κ1) is 35.1. The number of pyridine rings is 1. The van der Waals surface area contributed by atoms with Crippen molar-refractivity contribution in [1.29, 1.82) is 0 Å². The van der Waals surface area contributed by atoms with Gasteiger partial charge in [0.2, 0.25) is 0 Å². The number of anilines is 2. The van der Waals surface area contributed by atoms with E-state index in [1.807, 2.05) is 31.3 Å². The van der Waals surface area contributed by atoms with E-state index in [4.69, 9.17) is 12.2 Å². The fourth-order valence-electron chi connectivity index (χ4n) is 7.39. The maximum Gasteiger partial charge on any atom is 3.00 e. The molecule has 0 radical (unpaired) electrons. The third-order valence-corrected chi connectivity index (χ3v) is 13.2. The van der Waals surface area contributed by atoms with E-state index in [2.05, 4.69) is 148 Å². The predicted octanol–water partition coefficient (Wildman–Crippen LogP) is 14.6. The molecule has 56 heavy (non-hydrogen) atoms. The van der Waals surface area contributed by atoms with Gasteiger partial charge in [0.05, 0.1) is 8.07 Å². The molecular weight excluding hydrogens is 895 g/mol. The fourth-order valence-corrected chi connectivity index (χ4v) is 9.86. The molecule has 5 aromatic carbocycles. The minimum Gasteiger partial charge on any atom is -0.661 e. The standard InChI is InChI=1S/C31H28N2S.C19H26NSi.Ir/c1-19(2)22-11-9-12-23(20(3)4)30(22)33-27-14-7-6-13-26(27)32-31(33)21-16-17-29-25(18-21)24-10-5-8-15-28(24)34-29;1-14(2)11-17-12-18(16-9-7-15(3)8-10-16)20-13-19(17)21(4,5)6;/h5-15,17-20,31H,1-4H3;7-9,12-14H,11H2,1-6H3;/q-2;-1;+3/i;3D3,11D2;. The van der Waals surface area contributed by atoms with Gasteiger partial charge in [-0.05, 0) is 69.8 Å². The molecule has 2 aromatic heterocycles. The SMILES string of the molecule is CC(C)c1cccc(C(C)C)c1N1c2ccccc2[N-]C1c1[c-]cc2sc3ccccc3c2c1.[2H]C([2H])([2H])c1c[c-]c(-c2cc(C([2H])([2H])C(C)C)c([Si](C)(C)C)cn2)cc1.[Ir+3]. The van der Waals surface area contributed by atoms with E-state index in [1.165, 1.54) is 48.7 Å². The molecule has 7 aromatic rings. The first-order valence-electron chi connectivity index (χ1n) is 21.9. The Kier molecular flexibility index (Phi) is 10.8. The maximum atomic E-state index is 8.59. The number of hydrogen-bond donors (Lipinski definition) is 0. The molecule has 0 amide bonds. The summed E-state index contributed by atoms with van der Waals surface area (Å²) in [7, 11) is -1.78. The minimum absolute atomic E-state index is 0. The zero-order valence-electron chi connectivity index (χ0n) is 38.8. The first-order chi connectivity index (χ1) is 28.3. The van der Waals surface area contributed by atoms with Crippen LogP contribution in [0.5, 0.6) is 0 Å². The Morgan fingerprint density at radius 1 is 0.821 bits per heavy atom. The monoisotopic (exact) mass is 954 g/mol. The normalized spacial score (nSPS) is 15.7. The smallest absolute Gasteiger partial charge is 0.661 e. The van der Waals surface area contributed by atoms with E-state index >= 15 is 0 Å². The number of thiophene rings is 1. The topological polar surface area (TPSA) is 30.2 Å². The van der Waals surface area contributed by atoms with E-state index in [1.54, 1.807) is 18.3 Å². The molecule has 6 heteroatoms. The zero-order chi connectivity index (χ0) is 43.3. The summed E-state index contributed by atoms with van der Waals surface area (Å²) in [5, 5.41) is 8.87. The number of benzene rings is 5. The molecule has 0 saturated heterocycles. The van der Waals surface area contributed by atoms with Gasteiger partial charge < -0.3 is 15.2 Å². The largest absolute Gasteiger partial charge is 3.00 e. The van der Waals surface area contributed by atoms with Crippen LogP contribution in [0, 0.1) is 24.9 Å². The van der Waals surface area contributed by atoms with Gasteiger partial charge in [0, 0.05) is 29.1 Å². The number of para-hydroxylation sites is 3. The quantitative estimate of drug-likeness (QED) is 0.112. The summed E-state index contributed by atoms with van der Waals surface area (Å²) in [6.07, 6.45) is 0.187. The molecule has 1 aliphatic heterocycles. The summed E-state index contributed by atoms with van der Waals surface area (Å²) in [5.41, 5.74) is 9.56. The first-order valence-corrected chi connectivity index (χ1v) is 23.7. The predicted molar refractivity (Wildman–Crippen MR) is 242 cm³/mol. The minimum atomic E-state index is -2.16. The molecule has 3 nitrogen and oxygen atoms in total. The summed E-state index contributed by atoms with van der Waals surface area (Å²) < 4.78 is 42.2. The second kappa shape index (κ2) is 17.2. The summed E-state index contributed by atoms with van der Waals surface area (Å²) in [6, 6.07) is 41.6. The molecule has 3 heterocycles. The van der Waals surface area contributed by atoms with E-state index in [0.29, 0.717) is 28.7 Å². The van der Waals surface area contributed by atoms with Crippen LogP contribution >= 0.6 is 11.3 Å². The van der Waals surface area contributed by atoms with Crippen LogP contribution in [0.3, 0.4) is 0 Å². The fraction of sp³-hybridized carbons (Fsp3) is 0.300. The van der Waals surface area contributed by atoms with Gasteiger partial charge in [-0.25, -0.2) is 11.3 Å². The Labute approximate surface area is 361 Å². The molecule has 0 N–H and O–H groups in total. The van der Waals surface area contributed by atoms with Crippen molar-refractivity contribution in [2.75, 3.05) is 4.90 Å². The third kappa shape index (κ3) is 8.60. The Balaban J connectivity index is 0.000000209. The van der Waals surface area contributed by atoms with Crippen LogP contribution in [0.4, 0.5) is 17.1 Å². The van der Waals surface area contributed by atoms with Crippen LogP contribution in [0.1, 0.15) is 94.2 Å². The number of hydrogen-bond acceptors (Lipinski definition) is 3. The van der Waals surface area contributed by atoms with Crippen molar-refractivity contribution in [2.45, 2.75) is 92.4 Å². The Morgan fingerprint density at radius 3 is 2.20 bits per heavy atom. The van der Waals surface area contributed by atoms with Gasteiger partial charge in [-0.2, -0.15) is 23.8 Å². The van der Waals surface area contributed by atoms with Crippen molar-refractivity contribution in [2.24, 2.45) is 5.92 Å². The van der Waals surface area contributed by atoms with Crippen molar-refractivity contribution >= 4 is 61.8 Å². The third-order valence-electron chi connectivity index (χ3n) is 10.1. The summed E-state index contributed by atoms with van der Waals surface area (Å²) in [4.78, 5) is 7.00. The van der Waals surface area contributed by atoms with Gasteiger partial charge in [-0.1, -0.05) is 139 Å². The molecule has 0 spiro atoms. The molecule has 0 saturated carbocycles. The van der Waals surface area contributed by atoms with Crippen LogP contribution in [0.2, 0.25) is 19.6 Å². The average Bonchev–Trinajstić information content (AvgIpc) is 3.78. The number of rotatable bonds is 8. The molecule has 288 valence electrons. The summed E-state index contributed by atoms with van der Waals surface area (Å²) in [6.45, 7) is 17.3. The molecule has 1 atom stereocenters. The molecule has 8 rings (SSSR count). The van der Waals surface area contributed by atoms with Crippen molar-refractivity contribution in [3.63, 3.8) is 0 Å². The van der Waals surface area contributed by atoms with Crippen LogP contribution in [-0.2, 0) is 26.5 Å². The molecular formula is C50H54IrN3SSi. The average molecular weight is 954 g/mol. The number of aryl methyl sites for hydroxylation is 1. The van der Waals surface area contributed by atoms with Gasteiger partial charge in [0.25, 0.3) is 0 Å². The molecule has 0 fully saturated rings. The van der Waals surface area contributed by atoms with Gasteiger partial charge in [0.15, 0.2) is 0 Å². The summed E-state index contributed by atoms with van der Waals surface area (Å²) >= 11 is 1.83. The second-order valence-electron chi connectivity index (χ2n) is 16.4. The second-order valence-corrected chi connectivity index (χ2v) is 22.5. The number of aromatic nitrogens is 1. The number of fused-ring (bicyclic) bond motifs is 4. The van der Waals surface area contributed by atoms with Crippen molar-refractivity contribution < 1.29 is 27.0 Å². The summed E-state index contributed by atoms with van der Waals surface area (Å²) in [5.74, 6) is 0.651. The molecule has 1 aliphatic rings. The molecule has 0 bridgehead atoms. The van der Waals surface area contributed by atoms with E-state index in [0.717, 1.165) is 16.4 Å². The van der Waals surface area contributed by atoms with Gasteiger partial charge >= 0.3 is 20.1 Å². The molecule has 1 unspecified atom stereocenters. The van der Waals surface area contributed by atoms with Crippen LogP contribution in [-0.4, -0.2) is 13.1 Å². The Morgan fingerprint density at radius 2 is 1.54 bits per heavy atom. The van der Waals surface area contributed by atoms with Crippen molar-refractivity contribution in [3.05, 3.63) is 155 Å². The molecule has 0 aliphatic carbocycles. The maximum absolute atomic E-state index is 8.59. The van der Waals surface area contributed by atoms with Crippen molar-refractivity contribution in [1.82, 2.24) is 4.98 Å². The van der Waals surface area contributed by atoms with Crippen LogP contribution < -0.4 is 10.1 Å². The van der Waals surface area contributed by atoms with Crippen LogP contribution in [0.15, 0.2) is 109 Å².